The number of anilines is 1. The normalized spacial score (nSPS) is 33.4. The summed E-state index contributed by atoms with van der Waals surface area (Å²) in [4.78, 5) is 24.3. The fraction of sp³-hybridized carbons (Fsp3) is 0.571. The third kappa shape index (κ3) is 8.66. The molecule has 8 nitrogen and oxygen atoms in total. The van der Waals surface area contributed by atoms with Crippen molar-refractivity contribution in [3.05, 3.63) is 52.9 Å². The summed E-state index contributed by atoms with van der Waals surface area (Å²) in [5.74, 6) is -1.87. The molecule has 1 heterocycles. The summed E-state index contributed by atoms with van der Waals surface area (Å²) in [5, 5.41) is 24.7. The Balaban J connectivity index is 2.48. The predicted molar refractivity (Wildman–Crippen MR) is 140 cm³/mol. The number of allylic oxidation sites excluding steroid dienone is 1. The fourth-order valence-electron chi connectivity index (χ4n) is 4.82. The van der Waals surface area contributed by atoms with Gasteiger partial charge < -0.3 is 30.7 Å². The number of methoxy groups -OCH3 is 1. The number of benzene rings is 1. The van der Waals surface area contributed by atoms with Crippen molar-refractivity contribution in [2.75, 3.05) is 12.4 Å². The van der Waals surface area contributed by atoms with Crippen molar-refractivity contribution in [3.63, 3.8) is 0 Å². The summed E-state index contributed by atoms with van der Waals surface area (Å²) in [5.41, 5.74) is 7.07. The van der Waals surface area contributed by atoms with E-state index in [-0.39, 0.29) is 29.9 Å². The summed E-state index contributed by atoms with van der Waals surface area (Å²) in [6, 6.07) is 3.97. The second-order valence-electron chi connectivity index (χ2n) is 10.2. The van der Waals surface area contributed by atoms with Crippen LogP contribution in [0.25, 0.3) is 0 Å². The molecular formula is C28H41FN2O6. The smallest absolute Gasteiger partial charge is 0.405 e. The van der Waals surface area contributed by atoms with Gasteiger partial charge in [-0.15, -0.1) is 0 Å². The van der Waals surface area contributed by atoms with E-state index in [0.717, 1.165) is 5.57 Å². The Bertz CT molecular complexity index is 1010. The third-order valence-electron chi connectivity index (χ3n) is 7.05. The molecule has 37 heavy (non-hydrogen) atoms. The average molecular weight is 521 g/mol. The predicted octanol–water partition coefficient (Wildman–Crippen LogP) is 4.62. The second kappa shape index (κ2) is 13.7. The van der Waals surface area contributed by atoms with Gasteiger partial charge in [-0.25, -0.2) is 9.18 Å². The number of primary amides is 1. The Kier molecular flexibility index (Phi) is 11.3. The van der Waals surface area contributed by atoms with Gasteiger partial charge in [-0.05, 0) is 74.3 Å². The Labute approximate surface area is 218 Å². The molecule has 0 aromatic heterocycles. The standard InChI is InChI=1S/C28H41FN2O6/c1-15-8-7-9-16(2)27(34)31-22-13-20(12-21(29)14-22)24(32)18(4)11-23(36-6)25(33)17(3)10-19(5)26(15)37-28(30)35/h9-10,12-15,17-18,23-26,32-33H,7-8,11H2,1-6H3,(H2,30,35)(H,31,34)/b16-9+,19-10+/t15-,17-,18-,23-,24+,25+,26+/m0/s1. The lowest BCUT2D eigenvalue weighted by molar-refractivity contribution is -0.112. The first-order valence-electron chi connectivity index (χ1n) is 12.7. The maximum absolute atomic E-state index is 14.4. The van der Waals surface area contributed by atoms with Crippen LogP contribution in [-0.2, 0) is 14.3 Å². The lowest BCUT2D eigenvalue weighted by Crippen LogP contribution is -2.36. The molecule has 1 aliphatic rings. The molecule has 1 aromatic rings. The van der Waals surface area contributed by atoms with Crippen molar-refractivity contribution in [3.8, 4) is 0 Å². The highest BCUT2D eigenvalue weighted by atomic mass is 19.1. The Hall–Kier alpha value is -2.75. The molecule has 7 atom stereocenters. The van der Waals surface area contributed by atoms with E-state index in [1.807, 2.05) is 26.8 Å². The molecule has 0 fully saturated rings. The molecule has 1 aromatic carbocycles. The highest BCUT2D eigenvalue weighted by molar-refractivity contribution is 6.03. The van der Waals surface area contributed by atoms with Gasteiger partial charge in [-0.3, -0.25) is 4.79 Å². The number of nitrogens with two attached hydrogens (primary N) is 1. The molecule has 0 saturated heterocycles. The van der Waals surface area contributed by atoms with Crippen LogP contribution in [-0.4, -0.2) is 47.6 Å². The number of rotatable bonds is 2. The van der Waals surface area contributed by atoms with E-state index in [9.17, 15) is 24.2 Å². The number of carbonyl (C=O) groups is 2. The summed E-state index contributed by atoms with van der Waals surface area (Å²) in [7, 11) is 1.48. The molecule has 0 radical (unpaired) electrons. The molecule has 2 rings (SSSR count). The number of nitrogens with one attached hydrogen (secondary N) is 1. The zero-order valence-electron chi connectivity index (χ0n) is 22.5. The number of ether oxygens (including phenoxy) is 2. The number of halogens is 1. The minimum Gasteiger partial charge on any atom is -0.442 e. The van der Waals surface area contributed by atoms with Crippen LogP contribution < -0.4 is 11.1 Å². The van der Waals surface area contributed by atoms with Gasteiger partial charge >= 0.3 is 6.09 Å². The topological polar surface area (TPSA) is 131 Å². The van der Waals surface area contributed by atoms with Gasteiger partial charge in [-0.2, -0.15) is 0 Å². The van der Waals surface area contributed by atoms with Gasteiger partial charge in [0.2, 0.25) is 0 Å². The number of fused-ring (bicyclic) bond motifs is 2. The number of amides is 2. The molecule has 0 saturated carbocycles. The van der Waals surface area contributed by atoms with Crippen molar-refractivity contribution in [2.24, 2.45) is 23.5 Å². The first-order chi connectivity index (χ1) is 17.3. The van der Waals surface area contributed by atoms with Crippen LogP contribution in [0.2, 0.25) is 0 Å². The maximum Gasteiger partial charge on any atom is 0.405 e. The lowest BCUT2D eigenvalue weighted by Gasteiger charge is -2.30. The quantitative estimate of drug-likeness (QED) is 0.421. The Morgan fingerprint density at radius 3 is 2.43 bits per heavy atom. The van der Waals surface area contributed by atoms with Crippen molar-refractivity contribution < 1.29 is 33.7 Å². The number of aliphatic hydroxyl groups excluding tert-OH is 2. The van der Waals surface area contributed by atoms with Crippen LogP contribution in [0.4, 0.5) is 14.9 Å². The molecule has 2 bridgehead atoms. The molecule has 0 spiro atoms. The molecular weight excluding hydrogens is 479 g/mol. The van der Waals surface area contributed by atoms with E-state index in [1.165, 1.54) is 19.2 Å². The second-order valence-corrected chi connectivity index (χ2v) is 10.2. The van der Waals surface area contributed by atoms with Crippen molar-refractivity contribution in [2.45, 2.75) is 78.3 Å². The Morgan fingerprint density at radius 2 is 1.81 bits per heavy atom. The van der Waals surface area contributed by atoms with Crippen LogP contribution in [0.3, 0.4) is 0 Å². The minimum atomic E-state index is -1.06. The van der Waals surface area contributed by atoms with E-state index in [1.54, 1.807) is 26.0 Å². The number of hydrogen-bond donors (Lipinski definition) is 4. The molecule has 2 amide bonds. The number of hydrogen-bond acceptors (Lipinski definition) is 6. The van der Waals surface area contributed by atoms with E-state index in [2.05, 4.69) is 5.32 Å². The van der Waals surface area contributed by atoms with Crippen LogP contribution in [0.1, 0.15) is 65.5 Å². The highest BCUT2D eigenvalue weighted by Crippen LogP contribution is 2.31. The molecule has 0 unspecified atom stereocenters. The van der Waals surface area contributed by atoms with Gasteiger partial charge in [0.25, 0.3) is 5.91 Å². The van der Waals surface area contributed by atoms with Gasteiger partial charge in [-0.1, -0.05) is 32.9 Å². The Morgan fingerprint density at radius 1 is 1.14 bits per heavy atom. The van der Waals surface area contributed by atoms with Crippen LogP contribution >= 0.6 is 0 Å². The summed E-state index contributed by atoms with van der Waals surface area (Å²) >= 11 is 0. The fourth-order valence-corrected chi connectivity index (χ4v) is 4.82. The molecule has 206 valence electrons. The van der Waals surface area contributed by atoms with Crippen LogP contribution in [0.15, 0.2) is 41.5 Å². The third-order valence-corrected chi connectivity index (χ3v) is 7.05. The monoisotopic (exact) mass is 520 g/mol. The highest BCUT2D eigenvalue weighted by Gasteiger charge is 2.30. The minimum absolute atomic E-state index is 0.124. The zero-order chi connectivity index (χ0) is 27.9. The molecule has 5 N–H and O–H groups in total. The first-order valence-corrected chi connectivity index (χ1v) is 12.7. The average Bonchev–Trinajstić information content (AvgIpc) is 2.83. The van der Waals surface area contributed by atoms with E-state index >= 15 is 0 Å². The van der Waals surface area contributed by atoms with Gasteiger partial charge in [0.1, 0.15) is 11.9 Å². The van der Waals surface area contributed by atoms with Crippen molar-refractivity contribution in [1.82, 2.24) is 0 Å². The van der Waals surface area contributed by atoms with Crippen molar-refractivity contribution in [1.29, 1.82) is 0 Å². The molecule has 0 aliphatic carbocycles. The summed E-state index contributed by atoms with van der Waals surface area (Å²) in [6.07, 6.45) is 0.908. The summed E-state index contributed by atoms with van der Waals surface area (Å²) < 4.78 is 25.4. The largest absolute Gasteiger partial charge is 0.442 e. The van der Waals surface area contributed by atoms with E-state index in [4.69, 9.17) is 15.2 Å². The van der Waals surface area contributed by atoms with Crippen LogP contribution in [0, 0.1) is 23.6 Å². The van der Waals surface area contributed by atoms with Crippen LogP contribution in [0.5, 0.6) is 0 Å². The lowest BCUT2D eigenvalue weighted by atomic mass is 9.86. The SMILES string of the molecule is CO[C@H]1C[C@H](C)[C@@H](O)c2cc(F)cc(c2)NC(=O)/C(C)=C/CC[C@H](C)[C@@H](OC(N)=O)/C(C)=C/[C@H](C)[C@H]1O. The number of carbonyl (C=O) groups excluding carboxylic acids is 2. The van der Waals surface area contributed by atoms with Crippen molar-refractivity contribution >= 4 is 17.7 Å². The van der Waals surface area contributed by atoms with Gasteiger partial charge in [0.15, 0.2) is 0 Å². The molecule has 1 aliphatic heterocycles. The maximum atomic E-state index is 14.4. The van der Waals surface area contributed by atoms with E-state index in [0.29, 0.717) is 24.0 Å². The molecule has 9 heteroatoms. The van der Waals surface area contributed by atoms with Gasteiger partial charge in [0, 0.05) is 24.3 Å². The zero-order valence-corrected chi connectivity index (χ0v) is 22.5. The van der Waals surface area contributed by atoms with E-state index < -0.39 is 42.2 Å². The number of aliphatic hydroxyl groups is 2. The first kappa shape index (κ1) is 30.5. The summed E-state index contributed by atoms with van der Waals surface area (Å²) in [6.45, 7) is 9.02. The van der Waals surface area contributed by atoms with Gasteiger partial charge in [0.05, 0.1) is 18.3 Å².